The number of nitrogens with zero attached hydrogens (tertiary/aromatic N) is 9. The lowest BCUT2D eigenvalue weighted by atomic mass is 9.89. The second kappa shape index (κ2) is 22.8. The minimum Gasteiger partial charge on any atom is -0.507 e. The molecule has 4 atom stereocenters. The lowest BCUT2D eigenvalue weighted by Crippen LogP contribution is -2.57. The second-order valence-electron chi connectivity index (χ2n) is 20.0. The Morgan fingerprint density at radius 3 is 2.45 bits per heavy atom. The number of likely N-dealkylation sites (tertiary alicyclic amines) is 1. The number of thiazole rings is 1. The number of carbonyl (C=O) groups excluding carboxylic acids is 1. The molecule has 0 aliphatic carbocycles. The van der Waals surface area contributed by atoms with Gasteiger partial charge in [0.2, 0.25) is 5.91 Å². The van der Waals surface area contributed by atoms with Gasteiger partial charge in [-0.15, -0.1) is 21.5 Å². The first-order valence-electron chi connectivity index (χ1n) is 25.2. The van der Waals surface area contributed by atoms with E-state index in [4.69, 9.17) is 19.7 Å². The molecule has 0 saturated carbocycles. The molecule has 4 aliphatic heterocycles. The molecule has 17 nitrogen and oxygen atoms in total. The van der Waals surface area contributed by atoms with Crippen molar-refractivity contribution in [3.63, 3.8) is 0 Å². The Hall–Kier alpha value is -5.65. The maximum Gasteiger partial charge on any atom is 0.254 e. The molecule has 0 bridgehead atoms. The third-order valence-electron chi connectivity index (χ3n) is 14.7. The number of hydrogen-bond donors (Lipinski definition) is 4. The zero-order chi connectivity index (χ0) is 49.5. The molecule has 7 heterocycles. The molecule has 1 spiro atoms. The number of piperidine rings is 1. The number of aryl methyl sites for hydroxylation is 1. The number of morpholine rings is 1. The largest absolute Gasteiger partial charge is 0.507 e. The Balaban J connectivity index is 0.677. The maximum absolute atomic E-state index is 13.7. The van der Waals surface area contributed by atoms with Crippen molar-refractivity contribution >= 4 is 28.7 Å². The van der Waals surface area contributed by atoms with Crippen LogP contribution in [0, 0.1) is 24.7 Å². The molecule has 5 aromatic rings. The summed E-state index contributed by atoms with van der Waals surface area (Å²) in [5.74, 6) is 8.69. The highest BCUT2D eigenvalue weighted by Gasteiger charge is 2.41. The molecule has 0 unspecified atom stereocenters. The van der Waals surface area contributed by atoms with Crippen LogP contribution in [0.25, 0.3) is 21.7 Å². The molecule has 5 N–H and O–H groups in total. The van der Waals surface area contributed by atoms with E-state index in [1.54, 1.807) is 23.5 Å². The molecule has 4 fully saturated rings. The van der Waals surface area contributed by atoms with Crippen LogP contribution in [0.1, 0.15) is 69.0 Å². The van der Waals surface area contributed by atoms with Crippen molar-refractivity contribution in [2.75, 3.05) is 109 Å². The van der Waals surface area contributed by atoms with Crippen LogP contribution in [0.3, 0.4) is 0 Å². The molecule has 1 amide bonds. The van der Waals surface area contributed by atoms with Gasteiger partial charge in [-0.3, -0.25) is 24.4 Å². The molecule has 0 radical (unpaired) electrons. The van der Waals surface area contributed by atoms with Gasteiger partial charge >= 0.3 is 0 Å². The summed E-state index contributed by atoms with van der Waals surface area (Å²) in [5, 5.41) is 37.1. The van der Waals surface area contributed by atoms with E-state index in [2.05, 4.69) is 100 Å². The number of rotatable bonds is 16. The molecule has 2 aromatic carbocycles. The van der Waals surface area contributed by atoms with Crippen LogP contribution in [0.2, 0.25) is 0 Å². The molecule has 4 aliphatic rings. The number of nitrogens with two attached hydrogens (primary N) is 1. The van der Waals surface area contributed by atoms with Gasteiger partial charge in [0.25, 0.3) is 5.88 Å². The summed E-state index contributed by atoms with van der Waals surface area (Å²) in [5.41, 5.74) is 13.2. The van der Waals surface area contributed by atoms with Crippen molar-refractivity contribution in [3.8, 4) is 45.2 Å². The van der Waals surface area contributed by atoms with Gasteiger partial charge in [0.15, 0.2) is 5.82 Å². The third-order valence-corrected chi connectivity index (χ3v) is 15.7. The van der Waals surface area contributed by atoms with Gasteiger partial charge in [0.05, 0.1) is 70.9 Å². The summed E-state index contributed by atoms with van der Waals surface area (Å²) in [4.78, 5) is 30.8. The number of anilines is 2. The van der Waals surface area contributed by atoms with E-state index in [9.17, 15) is 15.0 Å². The van der Waals surface area contributed by atoms with Gasteiger partial charge in [-0.2, -0.15) is 0 Å². The van der Waals surface area contributed by atoms with E-state index >= 15 is 0 Å². The lowest BCUT2D eigenvalue weighted by Gasteiger charge is -2.47. The fourth-order valence-corrected chi connectivity index (χ4v) is 11.2. The molecular formula is C53H69N11O6S. The third kappa shape index (κ3) is 12.3. The topological polar surface area (TPSA) is 195 Å². The Labute approximate surface area is 421 Å². The van der Waals surface area contributed by atoms with Gasteiger partial charge < -0.3 is 40.2 Å². The first kappa shape index (κ1) is 50.3. The van der Waals surface area contributed by atoms with Crippen molar-refractivity contribution in [3.05, 3.63) is 83.2 Å². The van der Waals surface area contributed by atoms with Crippen LogP contribution in [-0.4, -0.2) is 172 Å². The predicted octanol–water partition coefficient (Wildman–Crippen LogP) is 5.27. The van der Waals surface area contributed by atoms with Crippen LogP contribution in [0.5, 0.6) is 11.6 Å². The Bertz CT molecular complexity index is 2620. The quantitative estimate of drug-likeness (QED) is 0.0933. The molecule has 9 rings (SSSR count). The Kier molecular flexibility index (Phi) is 16.2. The number of ether oxygens (including phenoxy) is 2. The lowest BCUT2D eigenvalue weighted by molar-refractivity contribution is -0.126. The first-order valence-corrected chi connectivity index (χ1v) is 26.0. The summed E-state index contributed by atoms with van der Waals surface area (Å²) in [7, 11) is 0. The number of piperazine rings is 1. The first-order chi connectivity index (χ1) is 34.4. The maximum atomic E-state index is 13.7. The van der Waals surface area contributed by atoms with Gasteiger partial charge in [0.1, 0.15) is 18.1 Å². The highest BCUT2D eigenvalue weighted by Crippen LogP contribution is 2.37. The summed E-state index contributed by atoms with van der Waals surface area (Å²) in [6.07, 6.45) is 1.54. The highest BCUT2D eigenvalue weighted by molar-refractivity contribution is 7.13. The number of aliphatic hydroxyl groups is 1. The van der Waals surface area contributed by atoms with E-state index in [-0.39, 0.29) is 35.1 Å². The number of β-amino-alcohol motifs (C(OH)–C–C–N with tert-alkyl or cyclic N) is 1. The van der Waals surface area contributed by atoms with Crippen molar-refractivity contribution in [2.45, 2.75) is 76.7 Å². The van der Waals surface area contributed by atoms with E-state index < -0.39 is 12.1 Å². The highest BCUT2D eigenvalue weighted by atomic mass is 32.1. The van der Waals surface area contributed by atoms with Gasteiger partial charge in [-0.25, -0.2) is 4.98 Å². The predicted molar refractivity (Wildman–Crippen MR) is 275 cm³/mol. The summed E-state index contributed by atoms with van der Waals surface area (Å²) in [6, 6.07) is 18.6. The van der Waals surface area contributed by atoms with Crippen molar-refractivity contribution in [1.29, 1.82) is 0 Å². The van der Waals surface area contributed by atoms with Crippen molar-refractivity contribution in [2.24, 2.45) is 5.92 Å². The van der Waals surface area contributed by atoms with Gasteiger partial charge in [0, 0.05) is 89.5 Å². The average molecular weight is 988 g/mol. The van der Waals surface area contributed by atoms with Crippen molar-refractivity contribution in [1.82, 2.24) is 45.3 Å². The van der Waals surface area contributed by atoms with Crippen LogP contribution < -0.4 is 20.7 Å². The van der Waals surface area contributed by atoms with Crippen LogP contribution in [-0.2, 0) is 9.53 Å². The minimum absolute atomic E-state index is 0.0448. The fraction of sp³-hybridized carbons (Fsp3) is 0.528. The second-order valence-corrected chi connectivity index (χ2v) is 20.8. The summed E-state index contributed by atoms with van der Waals surface area (Å²) >= 11 is 1.62. The molecule has 71 heavy (non-hydrogen) atoms. The molecule has 3 aromatic heterocycles. The molecule has 18 heteroatoms. The number of aromatic hydroxyl groups is 1. The number of hydrogen-bond acceptors (Lipinski definition) is 17. The summed E-state index contributed by atoms with van der Waals surface area (Å²) < 4.78 is 18.4. The standard InChI is InChI=1S/C53H69N11O6S/c1-36(2)43(33-64-32-41(65)29-46(64)52(67)56-37(3)39-11-13-40(14-12-39)50-38(4)55-35-71-50)48-31-49(59-70-48)68-27-25-61-23-21-60(22-24-61)17-7-8-18-62-26-28-69-53(34-62)15-19-63(20-16-53)45-30-44(57-58-51(45)54)42-9-5-6-10-47(42)66/h5-6,9-14,30-31,35-37,41,43,46,65-66H,15-29,32-34H2,1-4H3,(H2,54,58)(H,56,67)/t37-,41+,43+,46-/m0/s1. The van der Waals surface area contributed by atoms with E-state index in [1.807, 2.05) is 43.6 Å². The molecule has 4 saturated heterocycles. The number of amides is 1. The zero-order valence-corrected chi connectivity index (χ0v) is 42.3. The number of nitrogen functional groups attached to an aromatic ring is 1. The number of phenolic OH excluding ortho intramolecular Hbond substituents is 1. The number of benzene rings is 2. The SMILES string of the molecule is Cc1ncsc1-c1ccc([C@H](C)NC(=O)[C@@H]2C[C@@H](O)CN2C[C@@H](c2cc(OCCN3CCN(CC#CCN4CCOC5(CCN(c6cc(-c7ccccc7O)nnc6N)CC5)C4)CC3)no2)C(C)C)cc1. The fourth-order valence-electron chi connectivity index (χ4n) is 10.4. The minimum atomic E-state index is -0.585. The normalized spacial score (nSPS) is 21.0. The number of aromatic nitrogens is 4. The Morgan fingerprint density at radius 1 is 0.972 bits per heavy atom. The zero-order valence-electron chi connectivity index (χ0n) is 41.5. The van der Waals surface area contributed by atoms with Crippen LogP contribution in [0.4, 0.5) is 11.5 Å². The van der Waals surface area contributed by atoms with E-state index in [1.165, 1.54) is 0 Å². The monoisotopic (exact) mass is 988 g/mol. The van der Waals surface area contributed by atoms with Crippen molar-refractivity contribution < 1.29 is 29.0 Å². The number of nitrogens with one attached hydrogen (secondary N) is 1. The van der Waals surface area contributed by atoms with Gasteiger partial charge in [-0.05, 0) is 73.5 Å². The Morgan fingerprint density at radius 2 is 1.72 bits per heavy atom. The number of carbonyl (C=O) groups is 1. The van der Waals surface area contributed by atoms with Crippen LogP contribution >= 0.6 is 11.3 Å². The molecular weight excluding hydrogens is 919 g/mol. The average Bonchev–Trinajstić information content (AvgIpc) is 4.13. The summed E-state index contributed by atoms with van der Waals surface area (Å²) in [6.45, 7) is 19.8. The van der Waals surface area contributed by atoms with E-state index in [0.717, 1.165) is 118 Å². The number of aliphatic hydroxyl groups excluding tert-OH is 1. The van der Waals surface area contributed by atoms with Crippen LogP contribution in [0.15, 0.2) is 70.7 Å². The molecule has 378 valence electrons. The number of para-hydroxylation sites is 1. The van der Waals surface area contributed by atoms with E-state index in [0.29, 0.717) is 55.7 Å². The number of phenols is 1. The van der Waals surface area contributed by atoms with Gasteiger partial charge in [-0.1, -0.05) is 62.1 Å². The smallest absolute Gasteiger partial charge is 0.254 e.